The Morgan fingerprint density at radius 1 is 1.39 bits per heavy atom. The molecule has 2 nitrogen and oxygen atoms in total. The Morgan fingerprint density at radius 3 is 2.67 bits per heavy atom. The van der Waals surface area contributed by atoms with Gasteiger partial charge in [-0.05, 0) is 24.1 Å². The van der Waals surface area contributed by atoms with Crippen molar-refractivity contribution in [1.82, 2.24) is 5.32 Å². The Kier molecular flexibility index (Phi) is 2.63. The van der Waals surface area contributed by atoms with Crippen LogP contribution in [0.5, 0.6) is 0 Å². The summed E-state index contributed by atoms with van der Waals surface area (Å²) >= 11 is 5.67. The van der Waals surface area contributed by atoms with Gasteiger partial charge < -0.3 is 10.1 Å². The standard InChI is InChI=1S/C12H11ClF3NO/c13-7-1-2-9(10(3-7)12(14,15)16)11-4-8(5-18-11)17-6-11/h1-3,8,17H,4-6H2. The number of rotatable bonds is 1. The van der Waals surface area contributed by atoms with Crippen molar-refractivity contribution >= 4 is 11.6 Å². The Labute approximate surface area is 107 Å². The summed E-state index contributed by atoms with van der Waals surface area (Å²) in [6, 6.07) is 4.04. The van der Waals surface area contributed by atoms with E-state index >= 15 is 0 Å². The van der Waals surface area contributed by atoms with E-state index in [1.54, 1.807) is 0 Å². The molecule has 2 saturated heterocycles. The van der Waals surface area contributed by atoms with E-state index in [4.69, 9.17) is 16.3 Å². The number of halogens is 4. The van der Waals surface area contributed by atoms with E-state index in [0.717, 1.165) is 6.07 Å². The Morgan fingerprint density at radius 2 is 2.17 bits per heavy atom. The molecular formula is C12H11ClF3NO. The molecule has 1 aromatic rings. The van der Waals surface area contributed by atoms with E-state index in [9.17, 15) is 13.2 Å². The van der Waals surface area contributed by atoms with E-state index in [1.807, 2.05) is 0 Å². The van der Waals surface area contributed by atoms with Crippen LogP contribution in [0.25, 0.3) is 0 Å². The third-order valence-electron chi connectivity index (χ3n) is 3.59. The van der Waals surface area contributed by atoms with E-state index in [1.165, 1.54) is 12.1 Å². The van der Waals surface area contributed by atoms with Crippen LogP contribution in [0.1, 0.15) is 17.5 Å². The van der Waals surface area contributed by atoms with Crippen molar-refractivity contribution in [3.63, 3.8) is 0 Å². The molecule has 0 amide bonds. The Bertz CT molecular complexity index is 481. The van der Waals surface area contributed by atoms with Gasteiger partial charge in [0, 0.05) is 17.6 Å². The highest BCUT2D eigenvalue weighted by atomic mass is 35.5. The minimum Gasteiger partial charge on any atom is -0.367 e. The lowest BCUT2D eigenvalue weighted by molar-refractivity contribution is -0.141. The number of fused-ring (bicyclic) bond motifs is 2. The van der Waals surface area contributed by atoms with Gasteiger partial charge in [-0.1, -0.05) is 17.7 Å². The van der Waals surface area contributed by atoms with Crippen molar-refractivity contribution in [2.75, 3.05) is 13.2 Å². The third kappa shape index (κ3) is 1.81. The highest BCUT2D eigenvalue weighted by molar-refractivity contribution is 6.30. The predicted octanol–water partition coefficient (Wildman–Crippen LogP) is 2.95. The van der Waals surface area contributed by atoms with Crippen molar-refractivity contribution in [3.05, 3.63) is 34.3 Å². The maximum atomic E-state index is 13.1. The molecule has 0 radical (unpaired) electrons. The van der Waals surface area contributed by atoms with Gasteiger partial charge in [-0.2, -0.15) is 13.2 Å². The van der Waals surface area contributed by atoms with Gasteiger partial charge in [0.15, 0.2) is 0 Å². The van der Waals surface area contributed by atoms with Crippen LogP contribution in [0.4, 0.5) is 13.2 Å². The molecule has 0 spiro atoms. The lowest BCUT2D eigenvalue weighted by Gasteiger charge is -2.30. The van der Waals surface area contributed by atoms with Gasteiger partial charge in [-0.3, -0.25) is 0 Å². The number of benzene rings is 1. The molecule has 2 atom stereocenters. The first kappa shape index (κ1) is 12.3. The number of morpholine rings is 1. The van der Waals surface area contributed by atoms with Crippen LogP contribution in [0.2, 0.25) is 5.02 Å². The van der Waals surface area contributed by atoms with Crippen LogP contribution in [0.3, 0.4) is 0 Å². The third-order valence-corrected chi connectivity index (χ3v) is 3.83. The zero-order valence-corrected chi connectivity index (χ0v) is 10.1. The van der Waals surface area contributed by atoms with Crippen LogP contribution in [0, 0.1) is 0 Å². The average Bonchev–Trinajstić information content (AvgIpc) is 2.88. The van der Waals surface area contributed by atoms with E-state index in [-0.39, 0.29) is 16.6 Å². The smallest absolute Gasteiger partial charge is 0.367 e. The summed E-state index contributed by atoms with van der Waals surface area (Å²) in [5, 5.41) is 3.25. The second-order valence-electron chi connectivity index (χ2n) is 4.77. The molecule has 2 fully saturated rings. The quantitative estimate of drug-likeness (QED) is 0.852. The second kappa shape index (κ2) is 3.85. The van der Waals surface area contributed by atoms with Gasteiger partial charge >= 0.3 is 6.18 Å². The molecule has 2 aliphatic rings. The summed E-state index contributed by atoms with van der Waals surface area (Å²) in [5.74, 6) is 0. The van der Waals surface area contributed by atoms with Gasteiger partial charge in [-0.25, -0.2) is 0 Å². The predicted molar refractivity (Wildman–Crippen MR) is 60.5 cm³/mol. The zero-order valence-electron chi connectivity index (χ0n) is 9.35. The zero-order chi connectivity index (χ0) is 13.0. The summed E-state index contributed by atoms with van der Waals surface area (Å²) in [6.07, 6.45) is -3.84. The fraction of sp³-hybridized carbons (Fsp3) is 0.500. The summed E-state index contributed by atoms with van der Waals surface area (Å²) in [6.45, 7) is 0.877. The van der Waals surface area contributed by atoms with E-state index < -0.39 is 17.3 Å². The van der Waals surface area contributed by atoms with Gasteiger partial charge in [0.2, 0.25) is 0 Å². The molecule has 0 aromatic heterocycles. The molecule has 98 valence electrons. The molecule has 2 unspecified atom stereocenters. The van der Waals surface area contributed by atoms with Crippen molar-refractivity contribution in [2.24, 2.45) is 0 Å². The van der Waals surface area contributed by atoms with Crippen LogP contribution >= 0.6 is 11.6 Å². The summed E-state index contributed by atoms with van der Waals surface area (Å²) in [5.41, 5.74) is -1.36. The maximum absolute atomic E-state index is 13.1. The van der Waals surface area contributed by atoms with Crippen LogP contribution in [-0.2, 0) is 16.5 Å². The molecular weight excluding hydrogens is 267 g/mol. The first-order valence-electron chi connectivity index (χ1n) is 5.65. The highest BCUT2D eigenvalue weighted by Gasteiger charge is 2.51. The Balaban J connectivity index is 2.12. The maximum Gasteiger partial charge on any atom is 0.416 e. The second-order valence-corrected chi connectivity index (χ2v) is 5.21. The number of ether oxygens (including phenoxy) is 1. The fourth-order valence-corrected chi connectivity index (χ4v) is 2.94. The average molecular weight is 278 g/mol. The minimum atomic E-state index is -4.42. The van der Waals surface area contributed by atoms with Crippen molar-refractivity contribution in [2.45, 2.75) is 24.2 Å². The summed E-state index contributed by atoms with van der Waals surface area (Å²) in [4.78, 5) is 0. The molecule has 1 aromatic carbocycles. The molecule has 2 heterocycles. The number of hydrogen-bond acceptors (Lipinski definition) is 2. The van der Waals surface area contributed by atoms with Crippen LogP contribution < -0.4 is 5.32 Å². The van der Waals surface area contributed by atoms with Gasteiger partial charge in [0.05, 0.1) is 12.2 Å². The van der Waals surface area contributed by atoms with E-state index in [2.05, 4.69) is 5.32 Å². The number of hydrogen-bond donors (Lipinski definition) is 1. The summed E-state index contributed by atoms with van der Waals surface area (Å²) in [7, 11) is 0. The monoisotopic (exact) mass is 277 g/mol. The normalized spacial score (nSPS) is 31.0. The van der Waals surface area contributed by atoms with Crippen LogP contribution in [-0.4, -0.2) is 19.2 Å². The highest BCUT2D eigenvalue weighted by Crippen LogP contribution is 2.46. The summed E-state index contributed by atoms with van der Waals surface area (Å²) < 4.78 is 44.8. The Hall–Kier alpha value is -0.780. The minimum absolute atomic E-state index is 0.0861. The number of nitrogens with one attached hydrogen (secondary N) is 1. The SMILES string of the molecule is FC(F)(F)c1cc(Cl)ccc1C12CNC(CO1)C2. The largest absolute Gasteiger partial charge is 0.416 e. The van der Waals surface area contributed by atoms with Gasteiger partial charge in [0.1, 0.15) is 5.60 Å². The molecule has 2 bridgehead atoms. The molecule has 1 N–H and O–H groups in total. The molecule has 2 aliphatic heterocycles. The van der Waals surface area contributed by atoms with Crippen LogP contribution in [0.15, 0.2) is 18.2 Å². The fourth-order valence-electron chi connectivity index (χ4n) is 2.77. The first-order chi connectivity index (χ1) is 8.41. The first-order valence-corrected chi connectivity index (χ1v) is 6.03. The molecule has 6 heteroatoms. The van der Waals surface area contributed by atoms with E-state index in [0.29, 0.717) is 19.6 Å². The molecule has 0 aliphatic carbocycles. The van der Waals surface area contributed by atoms with Crippen molar-refractivity contribution in [3.8, 4) is 0 Å². The lowest BCUT2D eigenvalue weighted by Crippen LogP contribution is -2.38. The molecule has 3 rings (SSSR count). The number of alkyl halides is 3. The van der Waals surface area contributed by atoms with Gasteiger partial charge in [-0.15, -0.1) is 0 Å². The molecule has 18 heavy (non-hydrogen) atoms. The lowest BCUT2D eigenvalue weighted by atomic mass is 9.88. The van der Waals surface area contributed by atoms with Crippen molar-refractivity contribution in [1.29, 1.82) is 0 Å². The van der Waals surface area contributed by atoms with Gasteiger partial charge in [0.25, 0.3) is 0 Å². The molecule has 0 saturated carbocycles. The topological polar surface area (TPSA) is 21.3 Å². The van der Waals surface area contributed by atoms with Crippen molar-refractivity contribution < 1.29 is 17.9 Å².